The van der Waals surface area contributed by atoms with Gasteiger partial charge in [0.2, 0.25) is 0 Å². The number of nitrogens with zero attached hydrogens (tertiary/aromatic N) is 3. The van der Waals surface area contributed by atoms with E-state index in [9.17, 15) is 14.9 Å². The standard InChI is InChI=1S/C16H17N3O4/c1-10-13(19(22)23)3-4-14-15(10)12(9-17(14)2)11-5-7-18(8-6-11)16(20)21/h3-5,9H,6-8H2,1-2H3,(H,20,21). The van der Waals surface area contributed by atoms with Crippen molar-refractivity contribution in [3.8, 4) is 0 Å². The highest BCUT2D eigenvalue weighted by Crippen LogP contribution is 2.36. The van der Waals surface area contributed by atoms with Crippen LogP contribution < -0.4 is 0 Å². The molecule has 23 heavy (non-hydrogen) atoms. The van der Waals surface area contributed by atoms with E-state index in [1.165, 1.54) is 11.0 Å². The number of hydrogen-bond donors (Lipinski definition) is 1. The van der Waals surface area contributed by atoms with Crippen molar-refractivity contribution in [2.45, 2.75) is 13.3 Å². The van der Waals surface area contributed by atoms with Crippen molar-refractivity contribution in [3.05, 3.63) is 45.6 Å². The van der Waals surface area contributed by atoms with Crippen LogP contribution in [0, 0.1) is 17.0 Å². The van der Waals surface area contributed by atoms with E-state index in [1.807, 2.05) is 23.9 Å². The van der Waals surface area contributed by atoms with E-state index in [-0.39, 0.29) is 10.6 Å². The van der Waals surface area contributed by atoms with Gasteiger partial charge in [-0.1, -0.05) is 6.08 Å². The lowest BCUT2D eigenvalue weighted by Crippen LogP contribution is -2.33. The van der Waals surface area contributed by atoms with Crippen LogP contribution >= 0.6 is 0 Å². The predicted octanol–water partition coefficient (Wildman–Crippen LogP) is 3.16. The van der Waals surface area contributed by atoms with E-state index in [4.69, 9.17) is 5.11 Å². The van der Waals surface area contributed by atoms with Gasteiger partial charge in [0.15, 0.2) is 0 Å². The van der Waals surface area contributed by atoms with Crippen molar-refractivity contribution in [2.75, 3.05) is 13.1 Å². The fourth-order valence-electron chi connectivity index (χ4n) is 3.18. The van der Waals surface area contributed by atoms with Gasteiger partial charge < -0.3 is 14.6 Å². The molecule has 0 fully saturated rings. The van der Waals surface area contributed by atoms with Crippen LogP contribution in [0.5, 0.6) is 0 Å². The summed E-state index contributed by atoms with van der Waals surface area (Å²) in [6, 6.07) is 3.29. The second-order valence-corrected chi connectivity index (χ2v) is 5.72. The molecule has 1 aromatic carbocycles. The quantitative estimate of drug-likeness (QED) is 0.681. The Balaban J connectivity index is 2.13. The van der Waals surface area contributed by atoms with Crippen LogP contribution in [0.15, 0.2) is 24.4 Å². The molecule has 0 spiro atoms. The molecule has 0 atom stereocenters. The molecule has 1 N–H and O–H groups in total. The zero-order chi connectivity index (χ0) is 16.7. The van der Waals surface area contributed by atoms with Gasteiger partial charge in [0.05, 0.1) is 4.92 Å². The Labute approximate surface area is 132 Å². The van der Waals surface area contributed by atoms with Crippen LogP contribution in [0.2, 0.25) is 0 Å². The van der Waals surface area contributed by atoms with Gasteiger partial charge in [-0.3, -0.25) is 10.1 Å². The third-order valence-corrected chi connectivity index (χ3v) is 4.41. The van der Waals surface area contributed by atoms with E-state index < -0.39 is 6.09 Å². The SMILES string of the molecule is Cc1c([N+](=O)[O-])ccc2c1c(C1=CCN(C(=O)O)CC1)cn2C. The largest absolute Gasteiger partial charge is 0.465 e. The minimum atomic E-state index is -0.926. The van der Waals surface area contributed by atoms with Gasteiger partial charge in [0.1, 0.15) is 0 Å². The van der Waals surface area contributed by atoms with Crippen LogP contribution in [0.1, 0.15) is 17.5 Å². The summed E-state index contributed by atoms with van der Waals surface area (Å²) in [5.74, 6) is 0. The van der Waals surface area contributed by atoms with Crippen LogP contribution in [0.4, 0.5) is 10.5 Å². The summed E-state index contributed by atoms with van der Waals surface area (Å²) in [5.41, 5.74) is 3.67. The lowest BCUT2D eigenvalue weighted by molar-refractivity contribution is -0.385. The zero-order valence-electron chi connectivity index (χ0n) is 12.9. The van der Waals surface area contributed by atoms with Gasteiger partial charge >= 0.3 is 6.09 Å². The topological polar surface area (TPSA) is 88.6 Å². The Morgan fingerprint density at radius 1 is 1.39 bits per heavy atom. The third-order valence-electron chi connectivity index (χ3n) is 4.41. The number of amides is 1. The molecule has 0 saturated carbocycles. The van der Waals surface area contributed by atoms with Gasteiger partial charge in [0.25, 0.3) is 5.69 Å². The van der Waals surface area contributed by atoms with Gasteiger partial charge in [0, 0.05) is 54.4 Å². The maximum atomic E-state index is 11.2. The summed E-state index contributed by atoms with van der Waals surface area (Å²) < 4.78 is 1.95. The highest BCUT2D eigenvalue weighted by atomic mass is 16.6. The zero-order valence-corrected chi connectivity index (χ0v) is 12.9. The second kappa shape index (κ2) is 5.42. The lowest BCUT2D eigenvalue weighted by atomic mass is 9.96. The highest BCUT2D eigenvalue weighted by molar-refractivity contribution is 5.97. The van der Waals surface area contributed by atoms with Crippen molar-refractivity contribution in [2.24, 2.45) is 7.05 Å². The molecular weight excluding hydrogens is 298 g/mol. The number of aryl methyl sites for hydroxylation is 2. The van der Waals surface area contributed by atoms with E-state index in [0.717, 1.165) is 22.0 Å². The summed E-state index contributed by atoms with van der Waals surface area (Å²) in [7, 11) is 1.91. The van der Waals surface area contributed by atoms with Crippen molar-refractivity contribution in [1.82, 2.24) is 9.47 Å². The summed E-state index contributed by atoms with van der Waals surface area (Å²) >= 11 is 0. The molecule has 0 aliphatic carbocycles. The number of fused-ring (bicyclic) bond motifs is 1. The molecule has 120 valence electrons. The van der Waals surface area contributed by atoms with Crippen molar-refractivity contribution in [3.63, 3.8) is 0 Å². The van der Waals surface area contributed by atoms with E-state index in [1.54, 1.807) is 13.0 Å². The summed E-state index contributed by atoms with van der Waals surface area (Å²) in [6.45, 7) is 2.54. The van der Waals surface area contributed by atoms with Crippen molar-refractivity contribution >= 4 is 28.3 Å². The van der Waals surface area contributed by atoms with Crippen molar-refractivity contribution in [1.29, 1.82) is 0 Å². The smallest absolute Gasteiger partial charge is 0.407 e. The molecule has 1 aromatic heterocycles. The normalized spacial score (nSPS) is 14.9. The van der Waals surface area contributed by atoms with Gasteiger partial charge in [-0.15, -0.1) is 0 Å². The molecule has 1 amide bonds. The Hall–Kier alpha value is -2.83. The fourth-order valence-corrected chi connectivity index (χ4v) is 3.18. The first-order valence-electron chi connectivity index (χ1n) is 7.30. The Morgan fingerprint density at radius 2 is 2.13 bits per heavy atom. The Kier molecular flexibility index (Phi) is 3.55. The number of hydrogen-bond acceptors (Lipinski definition) is 3. The lowest BCUT2D eigenvalue weighted by Gasteiger charge is -2.23. The van der Waals surface area contributed by atoms with Gasteiger partial charge in [-0.05, 0) is 25.0 Å². The first-order valence-corrected chi connectivity index (χ1v) is 7.30. The molecule has 1 aliphatic rings. The molecule has 2 heterocycles. The molecule has 7 heteroatoms. The van der Waals surface area contributed by atoms with Crippen molar-refractivity contribution < 1.29 is 14.8 Å². The van der Waals surface area contributed by atoms with Crippen LogP contribution in [-0.2, 0) is 7.05 Å². The number of carbonyl (C=O) groups is 1. The highest BCUT2D eigenvalue weighted by Gasteiger charge is 2.22. The molecule has 0 unspecified atom stereocenters. The predicted molar refractivity (Wildman–Crippen MR) is 86.5 cm³/mol. The van der Waals surface area contributed by atoms with Gasteiger partial charge in [-0.25, -0.2) is 4.79 Å². The number of rotatable bonds is 2. The molecule has 3 rings (SSSR count). The maximum absolute atomic E-state index is 11.2. The van der Waals surface area contributed by atoms with Crippen LogP contribution in [0.3, 0.4) is 0 Å². The summed E-state index contributed by atoms with van der Waals surface area (Å²) in [4.78, 5) is 23.2. The minimum Gasteiger partial charge on any atom is -0.465 e. The summed E-state index contributed by atoms with van der Waals surface area (Å²) in [5, 5.41) is 21.1. The number of aromatic nitrogens is 1. The van der Waals surface area contributed by atoms with Gasteiger partial charge in [-0.2, -0.15) is 0 Å². The Morgan fingerprint density at radius 3 is 2.70 bits per heavy atom. The average molecular weight is 315 g/mol. The first-order chi connectivity index (χ1) is 10.9. The molecule has 1 aliphatic heterocycles. The first kappa shape index (κ1) is 15.1. The number of benzene rings is 1. The van der Waals surface area contributed by atoms with E-state index in [2.05, 4.69) is 0 Å². The molecule has 0 bridgehead atoms. The Bertz CT molecular complexity index is 851. The maximum Gasteiger partial charge on any atom is 0.407 e. The monoisotopic (exact) mass is 315 g/mol. The molecule has 7 nitrogen and oxygen atoms in total. The van der Waals surface area contributed by atoms with Crippen LogP contribution in [0.25, 0.3) is 16.5 Å². The minimum absolute atomic E-state index is 0.105. The fraction of sp³-hybridized carbons (Fsp3) is 0.312. The second-order valence-electron chi connectivity index (χ2n) is 5.72. The average Bonchev–Trinajstić information content (AvgIpc) is 2.85. The number of carboxylic acid groups (broad SMARTS) is 1. The third kappa shape index (κ3) is 2.44. The summed E-state index contributed by atoms with van der Waals surface area (Å²) in [6.07, 6.45) is 3.53. The van der Waals surface area contributed by atoms with E-state index in [0.29, 0.717) is 25.1 Å². The molecule has 2 aromatic rings. The molecule has 0 radical (unpaired) electrons. The number of nitro benzene ring substituents is 1. The van der Waals surface area contributed by atoms with Crippen LogP contribution in [-0.4, -0.2) is 38.7 Å². The van der Waals surface area contributed by atoms with E-state index >= 15 is 0 Å². The molecular formula is C16H17N3O4. The molecule has 0 saturated heterocycles. The number of nitro groups is 1.